The molecule has 2 aromatic rings. The van der Waals surface area contributed by atoms with E-state index in [0.717, 1.165) is 12.8 Å². The van der Waals surface area contributed by atoms with Crippen LogP contribution < -0.4 is 10.4 Å². The number of carbonyl (C=O) groups excluding carboxylic acids is 2. The van der Waals surface area contributed by atoms with Gasteiger partial charge >= 0.3 is 11.9 Å². The van der Waals surface area contributed by atoms with E-state index in [1.165, 1.54) is 17.3 Å². The molecule has 300 valence electrons. The first-order valence-corrected chi connectivity index (χ1v) is 22.0. The molecular formula is C44H66O9Si. The number of carbonyl (C=O) groups is 2. The van der Waals surface area contributed by atoms with Gasteiger partial charge in [0, 0.05) is 32.8 Å². The number of fused-ring (bicyclic) bond motifs is 2. The third kappa shape index (κ3) is 9.49. The van der Waals surface area contributed by atoms with E-state index in [-0.39, 0.29) is 66.4 Å². The van der Waals surface area contributed by atoms with Crippen molar-refractivity contribution in [1.29, 1.82) is 0 Å². The van der Waals surface area contributed by atoms with Gasteiger partial charge in [-0.15, -0.1) is 0 Å². The topological polar surface area (TPSA) is 110 Å². The SMILES string of the molecule is CC(=O)O[C@H]1[C@H](CCO)O[C@@H]2C[C@@H]3O[C@H](CCOC(=O)C(C)(C)C)[C@@H](O[Si](c4ccccc4)(c4ccccc4)C(C)(C)C)C[C@@H](C)C[C@@]3(C)O[C@H]2C[C@@H]1C. The van der Waals surface area contributed by atoms with Crippen LogP contribution in [0.5, 0.6) is 0 Å². The zero-order chi connectivity index (χ0) is 39.5. The molecule has 0 bridgehead atoms. The first-order chi connectivity index (χ1) is 25.4. The lowest BCUT2D eigenvalue weighted by Gasteiger charge is -2.53. The highest BCUT2D eigenvalue weighted by molar-refractivity contribution is 6.99. The highest BCUT2D eigenvalue weighted by Gasteiger charge is 2.56. The van der Waals surface area contributed by atoms with Gasteiger partial charge in [0.05, 0.1) is 54.2 Å². The van der Waals surface area contributed by atoms with Crippen LogP contribution in [-0.4, -0.2) is 86.9 Å². The summed E-state index contributed by atoms with van der Waals surface area (Å²) in [4.78, 5) is 25.2. The minimum atomic E-state index is -2.99. The van der Waals surface area contributed by atoms with Crippen molar-refractivity contribution in [2.75, 3.05) is 13.2 Å². The van der Waals surface area contributed by atoms with Crippen LogP contribution >= 0.6 is 0 Å². The van der Waals surface area contributed by atoms with E-state index in [1.807, 2.05) is 20.8 Å². The first-order valence-electron chi connectivity index (χ1n) is 20.1. The van der Waals surface area contributed by atoms with E-state index in [4.69, 9.17) is 28.1 Å². The number of hydrogen-bond donors (Lipinski definition) is 1. The molecule has 2 aromatic carbocycles. The van der Waals surface area contributed by atoms with Crippen molar-refractivity contribution in [1.82, 2.24) is 0 Å². The minimum Gasteiger partial charge on any atom is -0.465 e. The van der Waals surface area contributed by atoms with Crippen molar-refractivity contribution in [2.45, 2.75) is 161 Å². The second kappa shape index (κ2) is 17.3. The maximum atomic E-state index is 13.0. The van der Waals surface area contributed by atoms with E-state index in [2.05, 4.69) is 102 Å². The summed E-state index contributed by atoms with van der Waals surface area (Å²) in [7, 11) is -2.99. The molecule has 1 N–H and O–H groups in total. The summed E-state index contributed by atoms with van der Waals surface area (Å²) in [5.41, 5.74) is -1.25. The molecule has 5 rings (SSSR count). The van der Waals surface area contributed by atoms with Crippen molar-refractivity contribution in [2.24, 2.45) is 17.3 Å². The van der Waals surface area contributed by atoms with Gasteiger partial charge in [-0.3, -0.25) is 9.59 Å². The second-order valence-corrected chi connectivity index (χ2v) is 22.7. The van der Waals surface area contributed by atoms with E-state index in [9.17, 15) is 14.7 Å². The molecule has 10 heteroatoms. The molecular weight excluding hydrogens is 701 g/mol. The van der Waals surface area contributed by atoms with Crippen molar-refractivity contribution in [3.63, 3.8) is 0 Å². The summed E-state index contributed by atoms with van der Waals surface area (Å²) in [6.07, 6.45) is 0.933. The molecule has 0 radical (unpaired) electrons. The van der Waals surface area contributed by atoms with E-state index in [1.54, 1.807) is 0 Å². The summed E-state index contributed by atoms with van der Waals surface area (Å²) in [5.74, 6) is -0.433. The van der Waals surface area contributed by atoms with E-state index < -0.39 is 37.6 Å². The summed E-state index contributed by atoms with van der Waals surface area (Å²) in [5, 5.41) is 12.1. The Hall–Kier alpha value is -2.60. The molecule has 3 fully saturated rings. The van der Waals surface area contributed by atoms with Crippen LogP contribution in [-0.2, 0) is 37.7 Å². The molecule has 3 aliphatic rings. The van der Waals surface area contributed by atoms with Gasteiger partial charge < -0.3 is 33.2 Å². The Labute approximate surface area is 324 Å². The quantitative estimate of drug-likeness (QED) is 0.208. The lowest BCUT2D eigenvalue weighted by atomic mass is 9.77. The summed E-state index contributed by atoms with van der Waals surface area (Å²) in [6, 6.07) is 21.3. The highest BCUT2D eigenvalue weighted by atomic mass is 28.4. The monoisotopic (exact) mass is 766 g/mol. The maximum absolute atomic E-state index is 13.0. The number of benzene rings is 2. The van der Waals surface area contributed by atoms with Gasteiger partial charge in [-0.05, 0) is 74.2 Å². The lowest BCUT2D eigenvalue weighted by Crippen LogP contribution is -2.69. The number of ether oxygens (including phenoxy) is 5. The fraction of sp³-hybridized carbons (Fsp3) is 0.682. The fourth-order valence-corrected chi connectivity index (χ4v) is 13.9. The predicted molar refractivity (Wildman–Crippen MR) is 212 cm³/mol. The average molecular weight is 767 g/mol. The van der Waals surface area contributed by atoms with E-state index >= 15 is 0 Å². The van der Waals surface area contributed by atoms with Crippen molar-refractivity contribution in [3.05, 3.63) is 60.7 Å². The van der Waals surface area contributed by atoms with Crippen LogP contribution in [0.2, 0.25) is 5.04 Å². The molecule has 0 spiro atoms. The lowest BCUT2D eigenvalue weighted by molar-refractivity contribution is -0.272. The fourth-order valence-electron chi connectivity index (χ4n) is 9.15. The zero-order valence-corrected chi connectivity index (χ0v) is 35.3. The third-order valence-electron chi connectivity index (χ3n) is 11.7. The largest absolute Gasteiger partial charge is 0.465 e. The minimum absolute atomic E-state index is 0.0259. The van der Waals surface area contributed by atoms with E-state index in [0.29, 0.717) is 25.7 Å². The van der Waals surface area contributed by atoms with Gasteiger partial charge in [0.2, 0.25) is 0 Å². The maximum Gasteiger partial charge on any atom is 0.311 e. The number of rotatable bonds is 10. The summed E-state index contributed by atoms with van der Waals surface area (Å²) < 4.78 is 40.7. The van der Waals surface area contributed by atoms with Crippen LogP contribution in [0.1, 0.15) is 108 Å². The third-order valence-corrected chi connectivity index (χ3v) is 16.8. The molecule has 0 unspecified atom stereocenters. The van der Waals surface area contributed by atoms with Crippen LogP contribution in [0, 0.1) is 17.3 Å². The number of aliphatic hydroxyl groups is 1. The second-order valence-electron chi connectivity index (χ2n) is 18.4. The van der Waals surface area contributed by atoms with Crippen LogP contribution in [0.3, 0.4) is 0 Å². The van der Waals surface area contributed by atoms with Crippen LogP contribution in [0.25, 0.3) is 0 Å². The van der Waals surface area contributed by atoms with Gasteiger partial charge in [0.15, 0.2) is 0 Å². The van der Waals surface area contributed by atoms with Crippen molar-refractivity contribution >= 4 is 30.6 Å². The predicted octanol–water partition coefficient (Wildman–Crippen LogP) is 6.75. The van der Waals surface area contributed by atoms with Crippen LogP contribution in [0.15, 0.2) is 60.7 Å². The Morgan fingerprint density at radius 3 is 2.00 bits per heavy atom. The average Bonchev–Trinajstić information content (AvgIpc) is 3.20. The van der Waals surface area contributed by atoms with Gasteiger partial charge in [-0.1, -0.05) is 95.3 Å². The molecule has 9 nitrogen and oxygen atoms in total. The number of esters is 2. The Bertz CT molecular complexity index is 1480. The Morgan fingerprint density at radius 1 is 0.852 bits per heavy atom. The zero-order valence-electron chi connectivity index (χ0n) is 34.3. The Balaban J connectivity index is 1.54. The molecule has 0 amide bonds. The van der Waals surface area contributed by atoms with Gasteiger partial charge in [-0.25, -0.2) is 0 Å². The Kier molecular flexibility index (Phi) is 13.6. The van der Waals surface area contributed by atoms with Crippen molar-refractivity contribution < 1.29 is 42.8 Å². The standard InChI is InChI=1S/C44H66O9Si/c1-29-25-38(53-54(43(7,8)9,32-17-13-11-14-18-32)33-19-15-12-16-20-33)34(22-24-48-41(47)42(4,5)6)51-39-27-36-37(52-44(39,10)28-29)26-30(2)40(49-31(3)46)35(50-36)21-23-45/h11-20,29-30,34-40,45H,21-28H2,1-10H3/t29-,30+,34-,35+,36-,37+,38+,39+,40-,44-/m1/s1. The number of hydrogen-bond acceptors (Lipinski definition) is 9. The van der Waals surface area contributed by atoms with Gasteiger partial charge in [0.25, 0.3) is 8.32 Å². The molecule has 0 aromatic heterocycles. The Morgan fingerprint density at radius 2 is 1.46 bits per heavy atom. The van der Waals surface area contributed by atoms with Gasteiger partial charge in [-0.2, -0.15) is 0 Å². The molecule has 0 aliphatic carbocycles. The highest BCUT2D eigenvalue weighted by Crippen LogP contribution is 2.46. The summed E-state index contributed by atoms with van der Waals surface area (Å²) >= 11 is 0. The molecule has 3 saturated heterocycles. The number of aliphatic hydroxyl groups excluding tert-OH is 1. The summed E-state index contributed by atoms with van der Waals surface area (Å²) in [6.45, 7) is 20.5. The van der Waals surface area contributed by atoms with Gasteiger partial charge in [0.1, 0.15) is 6.10 Å². The molecule has 3 aliphatic heterocycles. The normalized spacial score (nSPS) is 32.2. The molecule has 3 heterocycles. The first kappa shape index (κ1) is 42.5. The smallest absolute Gasteiger partial charge is 0.311 e. The van der Waals surface area contributed by atoms with Crippen molar-refractivity contribution in [3.8, 4) is 0 Å². The van der Waals surface area contributed by atoms with Crippen LogP contribution in [0.4, 0.5) is 0 Å². The molecule has 10 atom stereocenters. The molecule has 0 saturated carbocycles. The molecule has 54 heavy (non-hydrogen) atoms.